The standard InChI is InChI=1S/C22H27N3O5S2/c1-6-25(7-2)19(26)17-13(4)16(21(28)29-5)18(32-17)24-22(31)23-15-12-10-9-11-14(15)20(27)30-8-3/h9-12H,6-8H2,1-5H3,(H2,23,24,31). The number of esters is 2. The molecule has 0 saturated carbocycles. The molecular formula is C22H27N3O5S2. The molecule has 2 aromatic rings. The SMILES string of the molecule is CCOC(=O)c1ccccc1NC(=S)Nc1sc(C(=O)N(CC)CC)c(C)c1C(=O)OC. The Morgan fingerprint density at radius 1 is 1.06 bits per heavy atom. The minimum absolute atomic E-state index is 0.148. The number of thiophene rings is 1. The Morgan fingerprint density at radius 2 is 1.72 bits per heavy atom. The molecule has 8 nitrogen and oxygen atoms in total. The minimum atomic E-state index is -0.574. The quantitative estimate of drug-likeness (QED) is 0.429. The molecule has 0 unspecified atom stereocenters. The van der Waals surface area contributed by atoms with Crippen molar-refractivity contribution < 1.29 is 23.9 Å². The predicted octanol–water partition coefficient (Wildman–Crippen LogP) is 4.31. The number of rotatable bonds is 8. The van der Waals surface area contributed by atoms with E-state index in [9.17, 15) is 14.4 Å². The number of amides is 1. The second-order valence-electron chi connectivity index (χ2n) is 6.57. The van der Waals surface area contributed by atoms with Crippen molar-refractivity contribution in [2.24, 2.45) is 0 Å². The fraction of sp³-hybridized carbons (Fsp3) is 0.364. The van der Waals surface area contributed by atoms with Crippen molar-refractivity contribution in [1.82, 2.24) is 4.90 Å². The van der Waals surface area contributed by atoms with Gasteiger partial charge < -0.3 is 25.0 Å². The first kappa shape index (κ1) is 25.3. The highest BCUT2D eigenvalue weighted by Gasteiger charge is 2.27. The molecule has 1 aromatic heterocycles. The van der Waals surface area contributed by atoms with Gasteiger partial charge in [-0.15, -0.1) is 11.3 Å². The summed E-state index contributed by atoms with van der Waals surface area (Å²) in [5, 5.41) is 6.48. The monoisotopic (exact) mass is 477 g/mol. The molecule has 0 saturated heterocycles. The molecule has 10 heteroatoms. The highest BCUT2D eigenvalue weighted by molar-refractivity contribution is 7.80. The van der Waals surface area contributed by atoms with Gasteiger partial charge in [0, 0.05) is 13.1 Å². The van der Waals surface area contributed by atoms with Crippen molar-refractivity contribution in [3.63, 3.8) is 0 Å². The number of ether oxygens (including phenoxy) is 2. The summed E-state index contributed by atoms with van der Waals surface area (Å²) in [6.07, 6.45) is 0. The van der Waals surface area contributed by atoms with Gasteiger partial charge in [0.15, 0.2) is 5.11 Å². The van der Waals surface area contributed by atoms with Crippen molar-refractivity contribution in [1.29, 1.82) is 0 Å². The maximum atomic E-state index is 12.9. The molecular weight excluding hydrogens is 450 g/mol. The zero-order chi connectivity index (χ0) is 23.8. The normalized spacial score (nSPS) is 10.3. The first-order valence-electron chi connectivity index (χ1n) is 10.1. The summed E-state index contributed by atoms with van der Waals surface area (Å²) in [6.45, 7) is 8.56. The van der Waals surface area contributed by atoms with Crippen LogP contribution in [0.4, 0.5) is 10.7 Å². The van der Waals surface area contributed by atoms with Crippen LogP contribution in [0.5, 0.6) is 0 Å². The molecule has 0 aliphatic heterocycles. The summed E-state index contributed by atoms with van der Waals surface area (Å²) < 4.78 is 10.00. The molecule has 0 fully saturated rings. The van der Waals surface area contributed by atoms with Gasteiger partial charge in [0.05, 0.1) is 35.4 Å². The van der Waals surface area contributed by atoms with E-state index >= 15 is 0 Å². The molecule has 0 bridgehead atoms. The van der Waals surface area contributed by atoms with Crippen LogP contribution < -0.4 is 10.6 Å². The summed E-state index contributed by atoms with van der Waals surface area (Å²) in [5.74, 6) is -1.22. The van der Waals surface area contributed by atoms with Gasteiger partial charge in [-0.05, 0) is 57.6 Å². The molecule has 2 N–H and O–H groups in total. The van der Waals surface area contributed by atoms with Gasteiger partial charge in [0.1, 0.15) is 5.00 Å². The summed E-state index contributed by atoms with van der Waals surface area (Å²) in [6, 6.07) is 6.79. The van der Waals surface area contributed by atoms with Gasteiger partial charge in [-0.2, -0.15) is 0 Å². The summed E-state index contributed by atoms with van der Waals surface area (Å²) in [7, 11) is 1.28. The minimum Gasteiger partial charge on any atom is -0.465 e. The molecule has 0 aliphatic rings. The van der Waals surface area contributed by atoms with E-state index < -0.39 is 11.9 Å². The van der Waals surface area contributed by atoms with Gasteiger partial charge in [-0.25, -0.2) is 9.59 Å². The van der Waals surface area contributed by atoms with Crippen LogP contribution in [-0.2, 0) is 9.47 Å². The number of benzene rings is 1. The third-order valence-electron chi connectivity index (χ3n) is 4.68. The van der Waals surface area contributed by atoms with Crippen molar-refractivity contribution in [2.45, 2.75) is 27.7 Å². The van der Waals surface area contributed by atoms with Crippen molar-refractivity contribution >= 4 is 57.2 Å². The first-order chi connectivity index (χ1) is 15.3. The van der Waals surface area contributed by atoms with E-state index in [1.54, 1.807) is 43.0 Å². The zero-order valence-corrected chi connectivity index (χ0v) is 20.4. The van der Waals surface area contributed by atoms with E-state index in [0.717, 1.165) is 11.3 Å². The lowest BCUT2D eigenvalue weighted by molar-refractivity contribution is 0.0526. The van der Waals surface area contributed by atoms with E-state index in [4.69, 9.17) is 21.7 Å². The number of para-hydroxylation sites is 1. The Kier molecular flexibility index (Phi) is 9.15. The molecule has 0 spiro atoms. The number of methoxy groups -OCH3 is 1. The smallest absolute Gasteiger partial charge is 0.341 e. The second-order valence-corrected chi connectivity index (χ2v) is 8.00. The summed E-state index contributed by atoms with van der Waals surface area (Å²) >= 11 is 6.54. The summed E-state index contributed by atoms with van der Waals surface area (Å²) in [5.41, 5.74) is 1.55. The molecule has 0 atom stereocenters. The lowest BCUT2D eigenvalue weighted by Gasteiger charge is -2.18. The van der Waals surface area contributed by atoms with Crippen LogP contribution in [0.15, 0.2) is 24.3 Å². The van der Waals surface area contributed by atoms with Crippen LogP contribution >= 0.6 is 23.6 Å². The van der Waals surface area contributed by atoms with E-state index in [2.05, 4.69) is 10.6 Å². The number of anilines is 2. The Balaban J connectivity index is 2.35. The van der Waals surface area contributed by atoms with E-state index in [1.807, 2.05) is 13.8 Å². The first-order valence-corrected chi connectivity index (χ1v) is 11.4. The van der Waals surface area contributed by atoms with Crippen LogP contribution in [0, 0.1) is 6.92 Å². The van der Waals surface area contributed by atoms with Crippen molar-refractivity contribution in [3.05, 3.63) is 45.8 Å². The number of hydrogen-bond acceptors (Lipinski definition) is 7. The number of carbonyl (C=O) groups is 3. The molecule has 0 radical (unpaired) electrons. The third kappa shape index (κ3) is 5.63. The number of nitrogens with zero attached hydrogens (tertiary/aromatic N) is 1. The number of nitrogens with one attached hydrogen (secondary N) is 2. The van der Waals surface area contributed by atoms with E-state index in [-0.39, 0.29) is 23.2 Å². The van der Waals surface area contributed by atoms with Crippen molar-refractivity contribution in [3.8, 4) is 0 Å². The Morgan fingerprint density at radius 3 is 2.31 bits per heavy atom. The zero-order valence-electron chi connectivity index (χ0n) is 18.7. The average Bonchev–Trinajstić information content (AvgIpc) is 3.09. The van der Waals surface area contributed by atoms with Gasteiger partial charge in [-0.1, -0.05) is 12.1 Å². The number of hydrogen-bond donors (Lipinski definition) is 2. The van der Waals surface area contributed by atoms with E-state index in [1.165, 1.54) is 7.11 Å². The number of carbonyl (C=O) groups excluding carboxylic acids is 3. The average molecular weight is 478 g/mol. The lowest BCUT2D eigenvalue weighted by atomic mass is 10.1. The molecule has 0 aliphatic carbocycles. The lowest BCUT2D eigenvalue weighted by Crippen LogP contribution is -2.30. The molecule has 1 aromatic carbocycles. The highest BCUT2D eigenvalue weighted by atomic mass is 32.1. The van der Waals surface area contributed by atoms with Crippen LogP contribution in [0.3, 0.4) is 0 Å². The fourth-order valence-corrected chi connectivity index (χ4v) is 4.49. The van der Waals surface area contributed by atoms with Crippen LogP contribution in [0.2, 0.25) is 0 Å². The molecule has 1 amide bonds. The van der Waals surface area contributed by atoms with Gasteiger partial charge in [0.2, 0.25) is 0 Å². The fourth-order valence-electron chi connectivity index (χ4n) is 3.04. The maximum absolute atomic E-state index is 12.9. The molecule has 2 rings (SSSR count). The molecule has 32 heavy (non-hydrogen) atoms. The Hall–Kier alpha value is -2.98. The largest absolute Gasteiger partial charge is 0.465 e. The van der Waals surface area contributed by atoms with Crippen molar-refractivity contribution in [2.75, 3.05) is 37.4 Å². The van der Waals surface area contributed by atoms with Gasteiger partial charge in [-0.3, -0.25) is 4.79 Å². The van der Waals surface area contributed by atoms with Gasteiger partial charge in [0.25, 0.3) is 5.91 Å². The number of thiocarbonyl (C=S) groups is 1. The third-order valence-corrected chi connectivity index (χ3v) is 6.08. The van der Waals surface area contributed by atoms with Gasteiger partial charge >= 0.3 is 11.9 Å². The second kappa shape index (κ2) is 11.6. The van der Waals surface area contributed by atoms with Crippen LogP contribution in [-0.4, -0.2) is 54.7 Å². The topological polar surface area (TPSA) is 97.0 Å². The van der Waals surface area contributed by atoms with Crippen LogP contribution in [0.1, 0.15) is 56.7 Å². The maximum Gasteiger partial charge on any atom is 0.341 e. The Bertz CT molecular complexity index is 1010. The highest BCUT2D eigenvalue weighted by Crippen LogP contribution is 2.34. The van der Waals surface area contributed by atoms with Crippen LogP contribution in [0.25, 0.3) is 0 Å². The van der Waals surface area contributed by atoms with E-state index in [0.29, 0.717) is 39.8 Å². The Labute approximate surface area is 196 Å². The molecule has 1 heterocycles. The summed E-state index contributed by atoms with van der Waals surface area (Å²) in [4.78, 5) is 39.7. The predicted molar refractivity (Wildman–Crippen MR) is 130 cm³/mol. The molecule has 172 valence electrons.